The first kappa shape index (κ1) is 21.0. The smallest absolute Gasteiger partial charge is 0.266 e. The van der Waals surface area contributed by atoms with Crippen LogP contribution in [-0.2, 0) is 20.8 Å². The minimum atomic E-state index is -0.951. The third-order valence-corrected chi connectivity index (χ3v) is 6.27. The second-order valence-corrected chi connectivity index (χ2v) is 8.12. The van der Waals surface area contributed by atoms with E-state index in [1.165, 1.54) is 18.1 Å². The lowest BCUT2D eigenvalue weighted by Gasteiger charge is -2.29. The maximum Gasteiger partial charge on any atom is 0.266 e. The molecule has 2 amide bonds. The van der Waals surface area contributed by atoms with Crippen LogP contribution in [-0.4, -0.2) is 30.1 Å². The van der Waals surface area contributed by atoms with Gasteiger partial charge in [-0.3, -0.25) is 14.4 Å². The molecule has 0 saturated carbocycles. The van der Waals surface area contributed by atoms with Crippen molar-refractivity contribution in [1.82, 2.24) is 0 Å². The fourth-order valence-electron chi connectivity index (χ4n) is 4.57. The van der Waals surface area contributed by atoms with Crippen molar-refractivity contribution in [3.05, 3.63) is 83.9 Å². The molecule has 7 nitrogen and oxygen atoms in total. The highest BCUT2D eigenvalue weighted by Gasteiger charge is 2.60. The van der Waals surface area contributed by atoms with Gasteiger partial charge in [-0.15, -0.1) is 0 Å². The van der Waals surface area contributed by atoms with Gasteiger partial charge >= 0.3 is 0 Å². The highest BCUT2D eigenvalue weighted by Crippen LogP contribution is 2.48. The van der Waals surface area contributed by atoms with Gasteiger partial charge in [-0.25, -0.2) is 9.96 Å². The van der Waals surface area contributed by atoms with Crippen molar-refractivity contribution in [2.75, 3.05) is 17.1 Å². The maximum atomic E-state index is 13.7. The van der Waals surface area contributed by atoms with Crippen molar-refractivity contribution in [2.45, 2.75) is 25.5 Å². The molecule has 2 aliphatic heterocycles. The number of hydrogen-bond acceptors (Lipinski definition) is 6. The zero-order valence-electron chi connectivity index (χ0n) is 18.3. The Morgan fingerprint density at radius 3 is 2.33 bits per heavy atom. The molecule has 3 aromatic carbocycles. The molecule has 33 heavy (non-hydrogen) atoms. The summed E-state index contributed by atoms with van der Waals surface area (Å²) in [6, 6.07) is 21.1. The predicted molar refractivity (Wildman–Crippen MR) is 123 cm³/mol. The highest BCUT2D eigenvalue weighted by atomic mass is 16.7. The summed E-state index contributed by atoms with van der Waals surface area (Å²) in [7, 11) is 1.47. The van der Waals surface area contributed by atoms with Gasteiger partial charge in [0.2, 0.25) is 5.91 Å². The van der Waals surface area contributed by atoms with Gasteiger partial charge in [0.25, 0.3) is 5.91 Å². The first-order valence-electron chi connectivity index (χ1n) is 10.9. The van der Waals surface area contributed by atoms with E-state index in [1.807, 2.05) is 49.4 Å². The monoisotopic (exact) mass is 444 g/mol. The van der Waals surface area contributed by atoms with E-state index in [2.05, 4.69) is 0 Å². The van der Waals surface area contributed by atoms with E-state index in [0.29, 0.717) is 11.3 Å². The molecule has 0 spiro atoms. The number of methoxy groups -OCH3 is 1. The topological polar surface area (TPSA) is 79.3 Å². The molecule has 2 heterocycles. The van der Waals surface area contributed by atoms with Crippen LogP contribution < -0.4 is 14.7 Å². The second kappa shape index (κ2) is 8.26. The number of phenolic OH excluding ortho intramolecular Hbond substituents is 1. The Balaban J connectivity index is 1.58. The Kier molecular flexibility index (Phi) is 5.26. The fourth-order valence-corrected chi connectivity index (χ4v) is 4.57. The molecule has 1 N–H and O–H groups in total. The number of aromatic hydroxyl groups is 1. The molecule has 0 aliphatic carbocycles. The summed E-state index contributed by atoms with van der Waals surface area (Å²) in [5.41, 5.74) is 3.08. The first-order chi connectivity index (χ1) is 16.0. The van der Waals surface area contributed by atoms with E-state index < -0.39 is 18.1 Å². The van der Waals surface area contributed by atoms with Crippen molar-refractivity contribution in [3.63, 3.8) is 0 Å². The Morgan fingerprint density at radius 1 is 0.939 bits per heavy atom. The number of imide groups is 1. The molecule has 168 valence electrons. The lowest BCUT2D eigenvalue weighted by molar-refractivity contribution is -0.126. The molecule has 5 rings (SSSR count). The van der Waals surface area contributed by atoms with Gasteiger partial charge in [-0.05, 0) is 53.9 Å². The van der Waals surface area contributed by atoms with E-state index in [4.69, 9.17) is 9.57 Å². The summed E-state index contributed by atoms with van der Waals surface area (Å²) in [5.74, 6) is -1.17. The third kappa shape index (κ3) is 3.41. The maximum absolute atomic E-state index is 13.7. The van der Waals surface area contributed by atoms with Crippen LogP contribution in [0.3, 0.4) is 0 Å². The quantitative estimate of drug-likeness (QED) is 0.599. The fraction of sp³-hybridized carbons (Fsp3) is 0.231. The SMILES string of the molecule is CCc1ccc(N2C(=O)[C@H]3[C@H](ON(c4ccccc4)[C@@H]3c3ccc(O)c(OC)c3)C2=O)cc1. The number of phenols is 1. The second-order valence-electron chi connectivity index (χ2n) is 8.12. The molecular formula is C26H24N2O5. The van der Waals surface area contributed by atoms with E-state index in [1.54, 1.807) is 29.3 Å². The number of para-hydroxylation sites is 1. The number of hydroxylamine groups is 1. The van der Waals surface area contributed by atoms with Crippen LogP contribution in [0.1, 0.15) is 24.1 Å². The Morgan fingerprint density at radius 2 is 1.67 bits per heavy atom. The zero-order chi connectivity index (χ0) is 23.1. The van der Waals surface area contributed by atoms with Crippen LogP contribution in [0.25, 0.3) is 0 Å². The van der Waals surface area contributed by atoms with Crippen LogP contribution in [0, 0.1) is 5.92 Å². The van der Waals surface area contributed by atoms with Gasteiger partial charge in [0.1, 0.15) is 5.92 Å². The first-order valence-corrected chi connectivity index (χ1v) is 10.9. The number of fused-ring (bicyclic) bond motifs is 1. The lowest BCUT2D eigenvalue weighted by atomic mass is 9.90. The number of amides is 2. The van der Waals surface area contributed by atoms with Crippen LogP contribution in [0.15, 0.2) is 72.8 Å². The summed E-state index contributed by atoms with van der Waals surface area (Å²) in [4.78, 5) is 34.4. The number of carbonyl (C=O) groups excluding carboxylic acids is 2. The van der Waals surface area contributed by atoms with Crippen LogP contribution >= 0.6 is 0 Å². The van der Waals surface area contributed by atoms with Crippen molar-refractivity contribution in [3.8, 4) is 11.5 Å². The Hall–Kier alpha value is -3.84. The van der Waals surface area contributed by atoms with E-state index in [9.17, 15) is 14.7 Å². The van der Waals surface area contributed by atoms with E-state index >= 15 is 0 Å². The standard InChI is InChI=1S/C26H24N2O5/c1-3-16-9-12-18(13-10-16)27-25(30)22-23(17-11-14-20(29)21(15-17)32-2)28(33-24(22)26(27)31)19-7-5-4-6-8-19/h4-15,22-24,29H,3H2,1-2H3/t22-,23-,24+/m1/s1. The van der Waals surface area contributed by atoms with Gasteiger partial charge in [0.15, 0.2) is 17.6 Å². The van der Waals surface area contributed by atoms with Gasteiger partial charge in [0, 0.05) is 0 Å². The molecule has 0 bridgehead atoms. The molecule has 0 radical (unpaired) electrons. The van der Waals surface area contributed by atoms with Crippen molar-refractivity contribution >= 4 is 23.2 Å². The van der Waals surface area contributed by atoms with Crippen molar-refractivity contribution in [1.29, 1.82) is 0 Å². The summed E-state index contributed by atoms with van der Waals surface area (Å²) < 4.78 is 5.29. The van der Waals surface area contributed by atoms with Crippen molar-refractivity contribution < 1.29 is 24.3 Å². The van der Waals surface area contributed by atoms with Gasteiger partial charge < -0.3 is 9.84 Å². The number of aryl methyl sites for hydroxylation is 1. The van der Waals surface area contributed by atoms with Crippen molar-refractivity contribution in [2.24, 2.45) is 5.92 Å². The summed E-state index contributed by atoms with van der Waals surface area (Å²) in [6.45, 7) is 2.05. The normalized spacial score (nSPS) is 22.1. The number of hydrogen-bond donors (Lipinski definition) is 1. The minimum Gasteiger partial charge on any atom is -0.504 e. The Bertz CT molecular complexity index is 1200. The van der Waals surface area contributed by atoms with E-state index in [0.717, 1.165) is 17.7 Å². The lowest BCUT2D eigenvalue weighted by Crippen LogP contribution is -2.37. The number of rotatable bonds is 5. The minimum absolute atomic E-state index is 0.00515. The van der Waals surface area contributed by atoms with Gasteiger partial charge in [-0.2, -0.15) is 0 Å². The molecule has 2 saturated heterocycles. The molecule has 0 aromatic heterocycles. The molecule has 3 atom stereocenters. The largest absolute Gasteiger partial charge is 0.504 e. The molecule has 2 aliphatic rings. The number of nitrogens with zero attached hydrogens (tertiary/aromatic N) is 2. The number of ether oxygens (including phenoxy) is 1. The van der Waals surface area contributed by atoms with Gasteiger partial charge in [-0.1, -0.05) is 43.3 Å². The molecule has 0 unspecified atom stereocenters. The summed E-state index contributed by atoms with van der Waals surface area (Å²) in [6.07, 6.45) is -0.0822. The van der Waals surface area contributed by atoms with Crippen LogP contribution in [0.4, 0.5) is 11.4 Å². The summed E-state index contributed by atoms with van der Waals surface area (Å²) >= 11 is 0. The molecule has 2 fully saturated rings. The molecular weight excluding hydrogens is 420 g/mol. The highest BCUT2D eigenvalue weighted by molar-refractivity contribution is 6.23. The molecule has 3 aromatic rings. The zero-order valence-corrected chi connectivity index (χ0v) is 18.3. The van der Waals surface area contributed by atoms with Gasteiger partial charge in [0.05, 0.1) is 24.5 Å². The number of anilines is 2. The third-order valence-electron chi connectivity index (χ3n) is 6.27. The van der Waals surface area contributed by atoms with Crippen LogP contribution in [0.2, 0.25) is 0 Å². The molecule has 7 heteroatoms. The van der Waals surface area contributed by atoms with Crippen LogP contribution in [0.5, 0.6) is 11.5 Å². The average molecular weight is 444 g/mol. The Labute approximate surface area is 191 Å². The number of carbonyl (C=O) groups is 2. The number of benzene rings is 3. The average Bonchev–Trinajstić information content (AvgIpc) is 3.36. The summed E-state index contributed by atoms with van der Waals surface area (Å²) in [5, 5.41) is 11.7. The van der Waals surface area contributed by atoms with E-state index in [-0.39, 0.29) is 23.3 Å². The predicted octanol–water partition coefficient (Wildman–Crippen LogP) is 4.01.